The smallest absolute Gasteiger partial charge is 0.496 e. The molecule has 1 heterocycles. The van der Waals surface area contributed by atoms with E-state index in [4.69, 9.17) is 24.1 Å². The Morgan fingerprint density at radius 2 is 1.88 bits per heavy atom. The standard InChI is InChI=1S/C27H33NO6/c1-17(2)33-23-8-7-21(26(12-23)31-4)16-32-22-9-10-25-18(3)20(6-5-19(25)11-22)13-28-14-24(15-28)34-27(29)30/h7-12,17,24H,5-6,13-16H2,1-4H3,(H,29,30). The van der Waals surface area contributed by atoms with Gasteiger partial charge in [-0.3, -0.25) is 4.90 Å². The quantitative estimate of drug-likeness (QED) is 0.511. The van der Waals surface area contributed by atoms with Crippen LogP contribution in [0.5, 0.6) is 17.2 Å². The third-order valence-electron chi connectivity index (χ3n) is 6.34. The Morgan fingerprint density at radius 1 is 1.12 bits per heavy atom. The van der Waals surface area contributed by atoms with Gasteiger partial charge in [-0.05, 0) is 74.6 Å². The first-order valence-electron chi connectivity index (χ1n) is 11.7. The summed E-state index contributed by atoms with van der Waals surface area (Å²) in [5.74, 6) is 2.38. The van der Waals surface area contributed by atoms with Crippen LogP contribution in [0.25, 0.3) is 5.57 Å². The number of rotatable bonds is 9. The number of fused-ring (bicyclic) bond motifs is 1. The highest BCUT2D eigenvalue weighted by Crippen LogP contribution is 2.35. The fourth-order valence-electron chi connectivity index (χ4n) is 4.58. The van der Waals surface area contributed by atoms with Crippen LogP contribution in [0.15, 0.2) is 42.0 Å². The number of hydrogen-bond donors (Lipinski definition) is 1. The van der Waals surface area contributed by atoms with E-state index in [1.54, 1.807) is 7.11 Å². The Bertz CT molecular complexity index is 1070. The Morgan fingerprint density at radius 3 is 2.59 bits per heavy atom. The molecule has 1 fully saturated rings. The molecule has 0 atom stereocenters. The van der Waals surface area contributed by atoms with E-state index in [-0.39, 0.29) is 12.2 Å². The van der Waals surface area contributed by atoms with E-state index in [9.17, 15) is 4.79 Å². The Kier molecular flexibility index (Phi) is 7.32. The number of benzene rings is 2. The fraction of sp³-hybridized carbons (Fsp3) is 0.444. The number of nitrogens with zero attached hydrogens (tertiary/aromatic N) is 1. The predicted molar refractivity (Wildman–Crippen MR) is 130 cm³/mol. The van der Waals surface area contributed by atoms with Gasteiger partial charge >= 0.3 is 6.16 Å². The summed E-state index contributed by atoms with van der Waals surface area (Å²) in [6.45, 7) is 8.77. The van der Waals surface area contributed by atoms with Gasteiger partial charge in [0.05, 0.1) is 13.2 Å². The normalized spacial score (nSPS) is 16.1. The lowest BCUT2D eigenvalue weighted by Crippen LogP contribution is -2.53. The van der Waals surface area contributed by atoms with Crippen LogP contribution in [0.1, 0.15) is 43.9 Å². The van der Waals surface area contributed by atoms with Crippen molar-refractivity contribution in [2.45, 2.75) is 52.4 Å². The molecule has 2 aromatic carbocycles. The van der Waals surface area contributed by atoms with Crippen LogP contribution in [-0.2, 0) is 17.8 Å². The van der Waals surface area contributed by atoms with Crippen molar-refractivity contribution in [1.82, 2.24) is 4.90 Å². The largest absolute Gasteiger partial charge is 0.506 e. The topological polar surface area (TPSA) is 77.5 Å². The third kappa shape index (κ3) is 5.65. The van der Waals surface area contributed by atoms with Gasteiger partial charge in [-0.25, -0.2) is 4.79 Å². The molecule has 0 radical (unpaired) electrons. The van der Waals surface area contributed by atoms with Crippen molar-refractivity contribution in [1.29, 1.82) is 0 Å². The highest BCUT2D eigenvalue weighted by atomic mass is 16.7. The number of aryl methyl sites for hydroxylation is 1. The second kappa shape index (κ2) is 10.4. The molecular weight excluding hydrogens is 434 g/mol. The SMILES string of the molecule is COc1cc(OC(C)C)ccc1COc1ccc2c(c1)CCC(CN1CC(OC(=O)O)C1)=C2C. The minimum Gasteiger partial charge on any atom is -0.496 e. The highest BCUT2D eigenvalue weighted by molar-refractivity contribution is 5.72. The second-order valence-corrected chi connectivity index (χ2v) is 9.18. The highest BCUT2D eigenvalue weighted by Gasteiger charge is 2.31. The molecule has 4 rings (SSSR count). The zero-order valence-corrected chi connectivity index (χ0v) is 20.3. The lowest BCUT2D eigenvalue weighted by molar-refractivity contribution is -0.0292. The average Bonchev–Trinajstić information content (AvgIpc) is 2.77. The second-order valence-electron chi connectivity index (χ2n) is 9.18. The van der Waals surface area contributed by atoms with E-state index in [1.165, 1.54) is 22.3 Å². The molecule has 0 bridgehead atoms. The number of allylic oxidation sites excluding steroid dienone is 1. The minimum absolute atomic E-state index is 0.106. The van der Waals surface area contributed by atoms with E-state index in [0.29, 0.717) is 19.7 Å². The molecule has 34 heavy (non-hydrogen) atoms. The summed E-state index contributed by atoms with van der Waals surface area (Å²) in [6, 6.07) is 12.1. The number of hydrogen-bond acceptors (Lipinski definition) is 6. The van der Waals surface area contributed by atoms with Crippen LogP contribution in [-0.4, -0.2) is 55.1 Å². The van der Waals surface area contributed by atoms with Gasteiger partial charge in [0.1, 0.15) is 30.0 Å². The van der Waals surface area contributed by atoms with Gasteiger partial charge in [0.2, 0.25) is 0 Å². The maximum absolute atomic E-state index is 10.7. The summed E-state index contributed by atoms with van der Waals surface area (Å²) < 4.78 is 22.2. The van der Waals surface area contributed by atoms with Gasteiger partial charge in [0, 0.05) is 31.3 Å². The van der Waals surface area contributed by atoms with Crippen molar-refractivity contribution in [3.63, 3.8) is 0 Å². The molecule has 7 nitrogen and oxygen atoms in total. The minimum atomic E-state index is -1.19. The molecule has 1 aliphatic carbocycles. The zero-order chi connectivity index (χ0) is 24.2. The molecule has 0 saturated carbocycles. The van der Waals surface area contributed by atoms with Gasteiger partial charge in [-0.2, -0.15) is 0 Å². The maximum Gasteiger partial charge on any atom is 0.506 e. The summed E-state index contributed by atoms with van der Waals surface area (Å²) in [5, 5.41) is 8.73. The van der Waals surface area contributed by atoms with E-state index < -0.39 is 6.16 Å². The number of ether oxygens (including phenoxy) is 4. The van der Waals surface area contributed by atoms with Crippen molar-refractivity contribution in [3.8, 4) is 17.2 Å². The summed E-state index contributed by atoms with van der Waals surface area (Å²) in [6.07, 6.45) is 0.669. The lowest BCUT2D eigenvalue weighted by atomic mass is 9.85. The van der Waals surface area contributed by atoms with Crippen LogP contribution in [0.4, 0.5) is 4.79 Å². The maximum atomic E-state index is 10.7. The fourth-order valence-corrected chi connectivity index (χ4v) is 4.58. The first kappa shape index (κ1) is 24.0. The van der Waals surface area contributed by atoms with Gasteiger partial charge < -0.3 is 24.1 Å². The van der Waals surface area contributed by atoms with E-state index >= 15 is 0 Å². The van der Waals surface area contributed by atoms with Crippen molar-refractivity contribution in [3.05, 3.63) is 58.7 Å². The number of carbonyl (C=O) groups is 1. The molecule has 7 heteroatoms. The zero-order valence-electron chi connectivity index (χ0n) is 20.3. The van der Waals surface area contributed by atoms with E-state index in [2.05, 4.69) is 24.0 Å². The van der Waals surface area contributed by atoms with Crippen LogP contribution < -0.4 is 14.2 Å². The molecule has 182 valence electrons. The van der Waals surface area contributed by atoms with Crippen LogP contribution in [0, 0.1) is 0 Å². The molecule has 0 unspecified atom stereocenters. The summed E-state index contributed by atoms with van der Waals surface area (Å²) >= 11 is 0. The Balaban J connectivity index is 1.38. The third-order valence-corrected chi connectivity index (χ3v) is 6.34. The molecule has 0 amide bonds. The number of carboxylic acid groups (broad SMARTS) is 1. The van der Waals surface area contributed by atoms with Gasteiger partial charge in [-0.15, -0.1) is 0 Å². The lowest BCUT2D eigenvalue weighted by Gasteiger charge is -2.39. The van der Waals surface area contributed by atoms with Crippen molar-refractivity contribution < 1.29 is 28.8 Å². The van der Waals surface area contributed by atoms with Crippen molar-refractivity contribution in [2.75, 3.05) is 26.7 Å². The monoisotopic (exact) mass is 467 g/mol. The van der Waals surface area contributed by atoms with Gasteiger partial charge in [0.25, 0.3) is 0 Å². The Labute approximate surface area is 200 Å². The average molecular weight is 468 g/mol. The molecule has 1 aliphatic heterocycles. The molecule has 2 aliphatic rings. The van der Waals surface area contributed by atoms with Gasteiger partial charge in [0.15, 0.2) is 0 Å². The molecular formula is C27H33NO6. The van der Waals surface area contributed by atoms with Crippen LogP contribution in [0.2, 0.25) is 0 Å². The van der Waals surface area contributed by atoms with Gasteiger partial charge in [-0.1, -0.05) is 11.6 Å². The van der Waals surface area contributed by atoms with E-state index in [0.717, 1.165) is 42.2 Å². The van der Waals surface area contributed by atoms with Crippen LogP contribution >= 0.6 is 0 Å². The number of methoxy groups -OCH3 is 1. The summed E-state index contributed by atoms with van der Waals surface area (Å²) in [5.41, 5.74) is 6.23. The van der Waals surface area contributed by atoms with E-state index in [1.807, 2.05) is 38.1 Å². The first-order valence-corrected chi connectivity index (χ1v) is 11.7. The predicted octanol–water partition coefficient (Wildman–Crippen LogP) is 5.16. The Hall–Kier alpha value is -3.19. The van der Waals surface area contributed by atoms with Crippen molar-refractivity contribution in [2.24, 2.45) is 0 Å². The molecule has 1 saturated heterocycles. The molecule has 0 aromatic heterocycles. The first-order chi connectivity index (χ1) is 16.3. The van der Waals surface area contributed by atoms with Crippen LogP contribution in [0.3, 0.4) is 0 Å². The summed E-state index contributed by atoms with van der Waals surface area (Å²) in [7, 11) is 1.66. The summed E-state index contributed by atoms with van der Waals surface area (Å²) in [4.78, 5) is 12.9. The molecule has 0 spiro atoms. The molecule has 2 aromatic rings. The number of likely N-dealkylation sites (tertiary alicyclic amines) is 1. The molecule has 1 N–H and O–H groups in total. The van der Waals surface area contributed by atoms with Crippen molar-refractivity contribution >= 4 is 11.7 Å².